The van der Waals surface area contributed by atoms with Gasteiger partial charge in [-0.1, -0.05) is 47.5 Å². The number of halogens is 2. The second-order valence-corrected chi connectivity index (χ2v) is 6.55. The molecule has 0 unspecified atom stereocenters. The van der Waals surface area contributed by atoms with E-state index in [2.05, 4.69) is 15.8 Å². The molecule has 1 aromatic heterocycles. The van der Waals surface area contributed by atoms with Crippen molar-refractivity contribution in [3.05, 3.63) is 76.0 Å². The summed E-state index contributed by atoms with van der Waals surface area (Å²) in [4.78, 5) is 11.9. The Labute approximate surface area is 167 Å². The summed E-state index contributed by atoms with van der Waals surface area (Å²) in [5.41, 5.74) is 5.12. The highest BCUT2D eigenvalue weighted by atomic mass is 35.5. The fourth-order valence-electron chi connectivity index (χ4n) is 2.42. The highest BCUT2D eigenvalue weighted by Crippen LogP contribution is 2.34. The van der Waals surface area contributed by atoms with Gasteiger partial charge < -0.3 is 9.73 Å². The largest absolute Gasteiger partial charge is 0.455 e. The number of hydrazone groups is 1. The lowest BCUT2D eigenvalue weighted by molar-refractivity contribution is -0.119. The molecule has 0 spiro atoms. The maximum atomic E-state index is 11.9. The third kappa shape index (κ3) is 4.90. The first kappa shape index (κ1) is 19.0. The number of amides is 1. The van der Waals surface area contributed by atoms with Crippen LogP contribution >= 0.6 is 23.2 Å². The molecule has 2 N–H and O–H groups in total. The molecule has 2 aromatic carbocycles. The summed E-state index contributed by atoms with van der Waals surface area (Å²) in [6, 6.07) is 16.5. The normalized spacial score (nSPS) is 10.9. The Balaban J connectivity index is 1.56. The van der Waals surface area contributed by atoms with Gasteiger partial charge in [0.05, 0.1) is 22.8 Å². The molecule has 0 aliphatic carbocycles. The molecule has 0 saturated heterocycles. The predicted octanol–water partition coefficient (Wildman–Crippen LogP) is 5.12. The van der Waals surface area contributed by atoms with Crippen molar-refractivity contribution >= 4 is 41.0 Å². The minimum Gasteiger partial charge on any atom is -0.455 e. The Morgan fingerprint density at radius 1 is 1.11 bits per heavy atom. The molecular weight excluding hydrogens is 385 g/mol. The fraction of sp³-hybridized carbons (Fsp3) is 0.100. The van der Waals surface area contributed by atoms with E-state index in [1.54, 1.807) is 24.3 Å². The number of hydrogen-bond donors (Lipinski definition) is 2. The number of carbonyl (C=O) groups is 1. The first-order valence-electron chi connectivity index (χ1n) is 8.20. The van der Waals surface area contributed by atoms with E-state index in [0.717, 1.165) is 11.3 Å². The van der Waals surface area contributed by atoms with Gasteiger partial charge in [-0.15, -0.1) is 0 Å². The topological polar surface area (TPSA) is 66.6 Å². The number of anilines is 1. The third-order valence-corrected chi connectivity index (χ3v) is 4.63. The van der Waals surface area contributed by atoms with Gasteiger partial charge in [0.2, 0.25) is 0 Å². The molecule has 0 fully saturated rings. The SMILES string of the molecule is Cc1ccccc1NCC(=O)NN=Cc1ccc(-c2cccc(Cl)c2Cl)o1. The van der Waals surface area contributed by atoms with Gasteiger partial charge in [-0.2, -0.15) is 5.10 Å². The van der Waals surface area contributed by atoms with E-state index in [1.165, 1.54) is 6.21 Å². The zero-order valence-electron chi connectivity index (χ0n) is 14.5. The van der Waals surface area contributed by atoms with Gasteiger partial charge in [-0.05, 0) is 42.8 Å². The van der Waals surface area contributed by atoms with Crippen molar-refractivity contribution in [1.82, 2.24) is 5.43 Å². The molecule has 7 heteroatoms. The maximum absolute atomic E-state index is 11.9. The second-order valence-electron chi connectivity index (χ2n) is 5.77. The average molecular weight is 402 g/mol. The number of benzene rings is 2. The maximum Gasteiger partial charge on any atom is 0.259 e. The summed E-state index contributed by atoms with van der Waals surface area (Å²) in [5.74, 6) is 0.781. The van der Waals surface area contributed by atoms with E-state index in [1.807, 2.05) is 37.3 Å². The molecule has 1 heterocycles. The van der Waals surface area contributed by atoms with Gasteiger partial charge in [0.1, 0.15) is 11.5 Å². The first-order chi connectivity index (χ1) is 13.0. The molecule has 0 aliphatic heterocycles. The van der Waals surface area contributed by atoms with Crippen LogP contribution in [0.5, 0.6) is 0 Å². The lowest BCUT2D eigenvalue weighted by Gasteiger charge is -2.07. The number of para-hydroxylation sites is 1. The first-order valence-corrected chi connectivity index (χ1v) is 8.96. The molecule has 0 atom stereocenters. The van der Waals surface area contributed by atoms with E-state index in [-0.39, 0.29) is 12.5 Å². The summed E-state index contributed by atoms with van der Waals surface area (Å²) >= 11 is 12.2. The van der Waals surface area contributed by atoms with Crippen molar-refractivity contribution in [1.29, 1.82) is 0 Å². The van der Waals surface area contributed by atoms with Crippen molar-refractivity contribution in [3.63, 3.8) is 0 Å². The molecule has 0 bridgehead atoms. The molecule has 3 aromatic rings. The van der Waals surface area contributed by atoms with Gasteiger partial charge in [-0.25, -0.2) is 5.43 Å². The van der Waals surface area contributed by atoms with E-state index < -0.39 is 0 Å². The molecular formula is C20H17Cl2N3O2. The highest BCUT2D eigenvalue weighted by Gasteiger charge is 2.10. The summed E-state index contributed by atoms with van der Waals surface area (Å²) in [7, 11) is 0. The van der Waals surface area contributed by atoms with Gasteiger partial charge in [-0.3, -0.25) is 4.79 Å². The van der Waals surface area contributed by atoms with Crippen LogP contribution in [0.3, 0.4) is 0 Å². The van der Waals surface area contributed by atoms with E-state index >= 15 is 0 Å². The molecule has 0 aliphatic rings. The Bertz CT molecular complexity index is 983. The minimum atomic E-state index is -0.265. The standard InChI is InChI=1S/C20H17Cl2N3O2/c1-13-5-2-3-8-17(13)23-12-19(26)25-24-11-14-9-10-18(27-14)15-6-4-7-16(21)20(15)22/h2-11,23H,12H2,1H3,(H,25,26). The van der Waals surface area contributed by atoms with Crippen molar-refractivity contribution in [2.45, 2.75) is 6.92 Å². The quantitative estimate of drug-likeness (QED) is 0.444. The molecule has 5 nitrogen and oxygen atoms in total. The van der Waals surface area contributed by atoms with Crippen LogP contribution < -0.4 is 10.7 Å². The molecule has 0 saturated carbocycles. The fourth-order valence-corrected chi connectivity index (χ4v) is 2.81. The second kappa shape index (κ2) is 8.75. The zero-order valence-corrected chi connectivity index (χ0v) is 16.0. The number of nitrogens with zero attached hydrogens (tertiary/aromatic N) is 1. The van der Waals surface area contributed by atoms with Crippen molar-refractivity contribution in [3.8, 4) is 11.3 Å². The van der Waals surface area contributed by atoms with Crippen molar-refractivity contribution < 1.29 is 9.21 Å². The summed E-state index contributed by atoms with van der Waals surface area (Å²) in [6.45, 7) is 2.09. The van der Waals surface area contributed by atoms with Gasteiger partial charge in [0.15, 0.2) is 0 Å². The van der Waals surface area contributed by atoms with Crippen LogP contribution in [0.15, 0.2) is 64.1 Å². The van der Waals surface area contributed by atoms with Crippen molar-refractivity contribution in [2.24, 2.45) is 5.10 Å². The smallest absolute Gasteiger partial charge is 0.259 e. The number of furan rings is 1. The van der Waals surface area contributed by atoms with Gasteiger partial charge >= 0.3 is 0 Å². The summed E-state index contributed by atoms with van der Waals surface area (Å²) < 4.78 is 5.67. The zero-order chi connectivity index (χ0) is 19.2. The van der Waals surface area contributed by atoms with Crippen LogP contribution in [-0.4, -0.2) is 18.7 Å². The van der Waals surface area contributed by atoms with Crippen LogP contribution in [-0.2, 0) is 4.79 Å². The highest BCUT2D eigenvalue weighted by molar-refractivity contribution is 6.43. The van der Waals surface area contributed by atoms with Crippen LogP contribution in [0, 0.1) is 6.92 Å². The molecule has 138 valence electrons. The van der Waals surface area contributed by atoms with Gasteiger partial charge in [0.25, 0.3) is 5.91 Å². The monoisotopic (exact) mass is 401 g/mol. The van der Waals surface area contributed by atoms with Gasteiger partial charge in [0, 0.05) is 11.3 Å². The Hall–Kier alpha value is -2.76. The predicted molar refractivity (Wildman–Crippen MR) is 110 cm³/mol. The van der Waals surface area contributed by atoms with Crippen LogP contribution in [0.4, 0.5) is 5.69 Å². The Kier molecular flexibility index (Phi) is 6.16. The Morgan fingerprint density at radius 2 is 1.93 bits per heavy atom. The molecule has 3 rings (SSSR count). The summed E-state index contributed by atoms with van der Waals surface area (Å²) in [5, 5.41) is 7.84. The van der Waals surface area contributed by atoms with Crippen LogP contribution in [0.25, 0.3) is 11.3 Å². The van der Waals surface area contributed by atoms with E-state index in [4.69, 9.17) is 27.6 Å². The average Bonchev–Trinajstić information content (AvgIpc) is 3.12. The molecule has 27 heavy (non-hydrogen) atoms. The lowest BCUT2D eigenvalue weighted by Crippen LogP contribution is -2.26. The number of aryl methyl sites for hydroxylation is 1. The Morgan fingerprint density at radius 3 is 2.74 bits per heavy atom. The number of hydrogen-bond acceptors (Lipinski definition) is 4. The summed E-state index contributed by atoms with van der Waals surface area (Å²) in [6.07, 6.45) is 1.42. The van der Waals surface area contributed by atoms with Crippen LogP contribution in [0.1, 0.15) is 11.3 Å². The number of carbonyl (C=O) groups excluding carboxylic acids is 1. The lowest BCUT2D eigenvalue weighted by atomic mass is 10.2. The van der Waals surface area contributed by atoms with E-state index in [0.29, 0.717) is 27.1 Å². The van der Waals surface area contributed by atoms with Crippen LogP contribution in [0.2, 0.25) is 10.0 Å². The molecule has 1 amide bonds. The minimum absolute atomic E-state index is 0.115. The third-order valence-electron chi connectivity index (χ3n) is 3.81. The van der Waals surface area contributed by atoms with Crippen molar-refractivity contribution in [2.75, 3.05) is 11.9 Å². The van der Waals surface area contributed by atoms with E-state index in [9.17, 15) is 4.79 Å². The number of nitrogens with one attached hydrogen (secondary N) is 2. The number of rotatable bonds is 6. The molecule has 0 radical (unpaired) electrons.